The summed E-state index contributed by atoms with van der Waals surface area (Å²) < 4.78 is 36.9. The molecular weight excluding hydrogens is 300 g/mol. The van der Waals surface area contributed by atoms with Crippen molar-refractivity contribution in [1.82, 2.24) is 4.72 Å². The van der Waals surface area contributed by atoms with Gasteiger partial charge in [0.1, 0.15) is 4.90 Å². The Hall–Kier alpha value is -1.84. The SMILES string of the molecule is COc1cc(CC(=O)O)cc(S(=O)(=O)NCCN)c1OC. The maximum absolute atomic E-state index is 12.2. The van der Waals surface area contributed by atoms with E-state index in [1.807, 2.05) is 0 Å². The third-order valence-corrected chi connectivity index (χ3v) is 4.05. The molecule has 0 radical (unpaired) electrons. The summed E-state index contributed by atoms with van der Waals surface area (Å²) in [7, 11) is -1.24. The fourth-order valence-electron chi connectivity index (χ4n) is 1.73. The molecule has 118 valence electrons. The van der Waals surface area contributed by atoms with Gasteiger partial charge >= 0.3 is 5.97 Å². The van der Waals surface area contributed by atoms with Gasteiger partial charge in [0.15, 0.2) is 11.5 Å². The Balaban J connectivity index is 3.42. The number of nitrogens with one attached hydrogen (secondary N) is 1. The number of ether oxygens (including phenoxy) is 2. The molecule has 0 atom stereocenters. The van der Waals surface area contributed by atoms with Crippen LogP contribution in [0.25, 0.3) is 0 Å². The third-order valence-electron chi connectivity index (χ3n) is 2.59. The molecule has 0 saturated heterocycles. The van der Waals surface area contributed by atoms with Gasteiger partial charge in [-0.05, 0) is 17.7 Å². The molecule has 8 nitrogen and oxygen atoms in total. The number of carboxylic acid groups (broad SMARTS) is 1. The zero-order valence-corrected chi connectivity index (χ0v) is 12.6. The number of carboxylic acids is 1. The first-order chi connectivity index (χ1) is 9.85. The molecule has 0 saturated carbocycles. The summed E-state index contributed by atoms with van der Waals surface area (Å²) in [5, 5.41) is 8.84. The van der Waals surface area contributed by atoms with E-state index in [2.05, 4.69) is 4.72 Å². The van der Waals surface area contributed by atoms with Gasteiger partial charge in [-0.15, -0.1) is 0 Å². The molecule has 4 N–H and O–H groups in total. The standard InChI is InChI=1S/C12H18N2O6S/c1-19-9-5-8(7-11(15)16)6-10(12(9)20-2)21(17,18)14-4-3-13/h5-6,14H,3-4,7,13H2,1-2H3,(H,15,16). The molecule has 1 aromatic rings. The number of carbonyl (C=O) groups is 1. The molecule has 0 fully saturated rings. The molecule has 21 heavy (non-hydrogen) atoms. The second-order valence-electron chi connectivity index (χ2n) is 4.09. The van der Waals surface area contributed by atoms with Crippen LogP contribution in [0.2, 0.25) is 0 Å². The first kappa shape index (κ1) is 17.2. The lowest BCUT2D eigenvalue weighted by molar-refractivity contribution is -0.136. The molecule has 1 rings (SSSR count). The molecule has 1 aromatic carbocycles. The lowest BCUT2D eigenvalue weighted by Crippen LogP contribution is -2.29. The quantitative estimate of drug-likeness (QED) is 0.593. The monoisotopic (exact) mass is 318 g/mol. The van der Waals surface area contributed by atoms with E-state index in [4.69, 9.17) is 20.3 Å². The van der Waals surface area contributed by atoms with Gasteiger partial charge in [-0.1, -0.05) is 0 Å². The summed E-state index contributed by atoms with van der Waals surface area (Å²) in [5.74, 6) is -0.930. The van der Waals surface area contributed by atoms with Crippen LogP contribution in [0.4, 0.5) is 0 Å². The van der Waals surface area contributed by atoms with Crippen LogP contribution in [0, 0.1) is 0 Å². The van der Waals surface area contributed by atoms with Crippen molar-refractivity contribution in [2.75, 3.05) is 27.3 Å². The summed E-state index contributed by atoms with van der Waals surface area (Å²) in [4.78, 5) is 10.6. The molecule has 9 heteroatoms. The van der Waals surface area contributed by atoms with Crippen molar-refractivity contribution in [3.63, 3.8) is 0 Å². The highest BCUT2D eigenvalue weighted by molar-refractivity contribution is 7.89. The minimum atomic E-state index is -3.88. The zero-order chi connectivity index (χ0) is 16.0. The van der Waals surface area contributed by atoms with E-state index in [9.17, 15) is 13.2 Å². The van der Waals surface area contributed by atoms with Gasteiger partial charge in [-0.3, -0.25) is 4.79 Å². The highest BCUT2D eigenvalue weighted by atomic mass is 32.2. The van der Waals surface area contributed by atoms with Crippen molar-refractivity contribution in [3.05, 3.63) is 17.7 Å². The first-order valence-electron chi connectivity index (χ1n) is 6.02. The van der Waals surface area contributed by atoms with E-state index in [1.54, 1.807) is 0 Å². The van der Waals surface area contributed by atoms with Crippen LogP contribution < -0.4 is 19.9 Å². The molecule has 0 unspecified atom stereocenters. The number of benzene rings is 1. The van der Waals surface area contributed by atoms with Gasteiger partial charge in [-0.25, -0.2) is 13.1 Å². The van der Waals surface area contributed by atoms with Crippen LogP contribution in [0.1, 0.15) is 5.56 Å². The Bertz CT molecular complexity index is 614. The Morgan fingerprint density at radius 3 is 2.48 bits per heavy atom. The second-order valence-corrected chi connectivity index (χ2v) is 5.82. The Labute approximate surface area is 122 Å². The minimum absolute atomic E-state index is 0.0103. The van der Waals surface area contributed by atoms with Crippen molar-refractivity contribution >= 4 is 16.0 Å². The molecule has 0 aliphatic carbocycles. The fraction of sp³-hybridized carbons (Fsp3) is 0.417. The normalized spacial score (nSPS) is 11.2. The molecule has 0 amide bonds. The van der Waals surface area contributed by atoms with E-state index in [-0.39, 0.29) is 41.5 Å². The molecular formula is C12H18N2O6S. The predicted octanol–water partition coefficient (Wildman–Crippen LogP) is -0.432. The summed E-state index contributed by atoms with van der Waals surface area (Å²) in [5.41, 5.74) is 5.56. The number of hydrogen-bond donors (Lipinski definition) is 3. The van der Waals surface area contributed by atoms with Crippen LogP contribution in [-0.2, 0) is 21.2 Å². The Morgan fingerprint density at radius 1 is 1.33 bits per heavy atom. The van der Waals surface area contributed by atoms with Crippen LogP contribution in [0.15, 0.2) is 17.0 Å². The maximum atomic E-state index is 12.2. The minimum Gasteiger partial charge on any atom is -0.493 e. The summed E-state index contributed by atoms with van der Waals surface area (Å²) in [6.45, 7) is 0.185. The summed E-state index contributed by atoms with van der Waals surface area (Å²) >= 11 is 0. The average Bonchev–Trinajstić information content (AvgIpc) is 2.43. The molecule has 0 bridgehead atoms. The number of sulfonamides is 1. The number of aliphatic carboxylic acids is 1. The third kappa shape index (κ3) is 4.31. The van der Waals surface area contributed by atoms with Gasteiger partial charge in [0.05, 0.1) is 20.6 Å². The van der Waals surface area contributed by atoms with E-state index >= 15 is 0 Å². The first-order valence-corrected chi connectivity index (χ1v) is 7.50. The van der Waals surface area contributed by atoms with Gasteiger partial charge in [0, 0.05) is 13.1 Å². The van der Waals surface area contributed by atoms with Gasteiger partial charge in [0.25, 0.3) is 0 Å². The topological polar surface area (TPSA) is 128 Å². The van der Waals surface area contributed by atoms with E-state index in [0.717, 1.165) is 0 Å². The van der Waals surface area contributed by atoms with Gasteiger partial charge in [0.2, 0.25) is 10.0 Å². The largest absolute Gasteiger partial charge is 0.493 e. The predicted molar refractivity (Wildman–Crippen MR) is 75.1 cm³/mol. The summed E-state index contributed by atoms with van der Waals surface area (Å²) in [6, 6.07) is 2.67. The van der Waals surface area contributed by atoms with Crippen LogP contribution in [-0.4, -0.2) is 46.8 Å². The number of rotatable bonds is 8. The van der Waals surface area contributed by atoms with Crippen LogP contribution in [0.3, 0.4) is 0 Å². The van der Waals surface area contributed by atoms with Crippen molar-refractivity contribution in [1.29, 1.82) is 0 Å². The van der Waals surface area contributed by atoms with Crippen molar-refractivity contribution in [2.24, 2.45) is 5.73 Å². The van der Waals surface area contributed by atoms with Crippen LogP contribution >= 0.6 is 0 Å². The van der Waals surface area contributed by atoms with Crippen molar-refractivity contribution < 1.29 is 27.8 Å². The van der Waals surface area contributed by atoms with E-state index < -0.39 is 16.0 Å². The van der Waals surface area contributed by atoms with Crippen LogP contribution in [0.5, 0.6) is 11.5 Å². The van der Waals surface area contributed by atoms with Crippen molar-refractivity contribution in [2.45, 2.75) is 11.3 Å². The number of methoxy groups -OCH3 is 2. The smallest absolute Gasteiger partial charge is 0.307 e. The molecule has 0 aliphatic rings. The maximum Gasteiger partial charge on any atom is 0.307 e. The highest BCUT2D eigenvalue weighted by Gasteiger charge is 2.24. The summed E-state index contributed by atoms with van der Waals surface area (Å²) in [6.07, 6.45) is -0.334. The number of nitrogens with two attached hydrogens (primary N) is 1. The van der Waals surface area contributed by atoms with Crippen molar-refractivity contribution in [3.8, 4) is 11.5 Å². The van der Waals surface area contributed by atoms with E-state index in [0.29, 0.717) is 0 Å². The zero-order valence-electron chi connectivity index (χ0n) is 11.8. The molecule has 0 spiro atoms. The molecule has 0 heterocycles. The highest BCUT2D eigenvalue weighted by Crippen LogP contribution is 2.35. The Morgan fingerprint density at radius 2 is 2.00 bits per heavy atom. The van der Waals surface area contributed by atoms with Gasteiger partial charge < -0.3 is 20.3 Å². The second kappa shape index (κ2) is 7.25. The lowest BCUT2D eigenvalue weighted by Gasteiger charge is -2.15. The number of hydrogen-bond acceptors (Lipinski definition) is 6. The average molecular weight is 318 g/mol. The van der Waals surface area contributed by atoms with E-state index in [1.165, 1.54) is 26.4 Å². The van der Waals surface area contributed by atoms with Gasteiger partial charge in [-0.2, -0.15) is 0 Å². The molecule has 0 aliphatic heterocycles. The Kier molecular flexibility index (Phi) is 5.94. The fourth-order valence-corrected chi connectivity index (χ4v) is 3.01. The lowest BCUT2D eigenvalue weighted by atomic mass is 10.1. The molecule has 0 aromatic heterocycles.